The van der Waals surface area contributed by atoms with Gasteiger partial charge in [0.1, 0.15) is 0 Å². The summed E-state index contributed by atoms with van der Waals surface area (Å²) in [6.45, 7) is 8.47. The fourth-order valence-electron chi connectivity index (χ4n) is 3.19. The van der Waals surface area contributed by atoms with E-state index in [9.17, 15) is 13.2 Å². The molecule has 0 fully saturated rings. The zero-order valence-electron chi connectivity index (χ0n) is 17.8. The second-order valence-corrected chi connectivity index (χ2v) is 9.75. The topological polar surface area (TPSA) is 82.1 Å². The van der Waals surface area contributed by atoms with Crippen LogP contribution in [0.3, 0.4) is 0 Å². The summed E-state index contributed by atoms with van der Waals surface area (Å²) in [5.74, 6) is -0.117. The number of sulfonamides is 1. The third-order valence-corrected chi connectivity index (χ3v) is 7.99. The summed E-state index contributed by atoms with van der Waals surface area (Å²) in [6, 6.07) is 14.0. The van der Waals surface area contributed by atoms with Crippen molar-refractivity contribution < 1.29 is 13.2 Å². The summed E-state index contributed by atoms with van der Waals surface area (Å²) in [5, 5.41) is 3.45. The van der Waals surface area contributed by atoms with Crippen LogP contribution >= 0.6 is 11.8 Å². The third-order valence-electron chi connectivity index (χ3n) is 4.92. The molecule has 31 heavy (non-hydrogen) atoms. The van der Waals surface area contributed by atoms with Crippen LogP contribution in [0.4, 0.5) is 11.4 Å². The second kappa shape index (κ2) is 9.67. The second-order valence-electron chi connectivity index (χ2n) is 6.87. The monoisotopic (exact) mass is 458 g/mol. The van der Waals surface area contributed by atoms with Crippen molar-refractivity contribution in [3.05, 3.63) is 60.7 Å². The van der Waals surface area contributed by atoms with Crippen LogP contribution in [0.25, 0.3) is 5.70 Å². The van der Waals surface area contributed by atoms with Crippen LogP contribution in [0.15, 0.2) is 65.0 Å². The highest BCUT2D eigenvalue weighted by molar-refractivity contribution is 8.14. The van der Waals surface area contributed by atoms with Crippen LogP contribution in [0.5, 0.6) is 0 Å². The summed E-state index contributed by atoms with van der Waals surface area (Å²) in [4.78, 5) is 19.1. The SMILES string of the molecule is C=C1c2ccccc2N=C(SCC(=O)Nc2cccc(S(=O)(=O)N(CC)CC)c2)N1C. The Hall–Kier alpha value is -2.62. The highest BCUT2D eigenvalue weighted by atomic mass is 32.2. The fourth-order valence-corrected chi connectivity index (χ4v) is 5.50. The number of benzene rings is 2. The maximum absolute atomic E-state index is 12.7. The van der Waals surface area contributed by atoms with E-state index >= 15 is 0 Å². The standard InChI is InChI=1S/C22H26N4O3S2/c1-5-26(6-2)31(28,29)18-11-9-10-17(14-18)23-21(27)15-30-22-24-20-13-8-7-12-19(20)16(3)25(22)4/h7-14H,3,5-6,15H2,1-2,4H3,(H,23,27). The van der Waals surface area contributed by atoms with Gasteiger partial charge in [-0.2, -0.15) is 4.31 Å². The summed E-state index contributed by atoms with van der Waals surface area (Å²) in [5.41, 5.74) is 3.04. The molecule has 0 bridgehead atoms. The number of rotatable bonds is 7. The van der Waals surface area contributed by atoms with Gasteiger partial charge in [-0.1, -0.05) is 56.5 Å². The Morgan fingerprint density at radius 2 is 1.87 bits per heavy atom. The van der Waals surface area contributed by atoms with E-state index in [0.717, 1.165) is 16.9 Å². The Balaban J connectivity index is 1.68. The van der Waals surface area contributed by atoms with Crippen LogP contribution in [-0.2, 0) is 14.8 Å². The molecule has 0 saturated carbocycles. The van der Waals surface area contributed by atoms with Gasteiger partial charge in [-0.3, -0.25) is 4.79 Å². The number of thioether (sulfide) groups is 1. The zero-order valence-corrected chi connectivity index (χ0v) is 19.5. The van der Waals surface area contributed by atoms with Crippen LogP contribution in [0, 0.1) is 0 Å². The Labute approximate surface area is 187 Å². The first-order valence-corrected chi connectivity index (χ1v) is 12.3. The van der Waals surface area contributed by atoms with Gasteiger partial charge in [0.05, 0.1) is 16.3 Å². The van der Waals surface area contributed by atoms with Crippen molar-refractivity contribution in [2.24, 2.45) is 4.99 Å². The first kappa shape index (κ1) is 23.1. The van der Waals surface area contributed by atoms with Crippen LogP contribution in [-0.4, -0.2) is 54.6 Å². The smallest absolute Gasteiger partial charge is 0.243 e. The number of hydrogen-bond donors (Lipinski definition) is 1. The minimum Gasteiger partial charge on any atom is -0.325 e. The van der Waals surface area contributed by atoms with Crippen molar-refractivity contribution >= 4 is 49.9 Å². The molecular weight excluding hydrogens is 432 g/mol. The number of amidine groups is 1. The maximum Gasteiger partial charge on any atom is 0.243 e. The van der Waals surface area contributed by atoms with E-state index in [1.54, 1.807) is 26.0 Å². The third kappa shape index (κ3) is 5.00. The molecule has 1 N–H and O–H groups in total. The van der Waals surface area contributed by atoms with E-state index < -0.39 is 10.0 Å². The van der Waals surface area contributed by atoms with Crippen molar-refractivity contribution in [2.75, 3.05) is 31.2 Å². The van der Waals surface area contributed by atoms with Gasteiger partial charge in [-0.15, -0.1) is 0 Å². The molecule has 0 atom stereocenters. The first-order valence-electron chi connectivity index (χ1n) is 9.91. The van der Waals surface area contributed by atoms with Gasteiger partial charge in [0.25, 0.3) is 0 Å². The lowest BCUT2D eigenvalue weighted by Gasteiger charge is -2.28. The van der Waals surface area contributed by atoms with Gasteiger partial charge in [0, 0.05) is 37.1 Å². The van der Waals surface area contributed by atoms with E-state index in [0.29, 0.717) is 23.9 Å². The van der Waals surface area contributed by atoms with E-state index in [1.807, 2.05) is 36.2 Å². The molecule has 1 amide bonds. The molecule has 0 aromatic heterocycles. The van der Waals surface area contributed by atoms with Gasteiger partial charge < -0.3 is 10.2 Å². The van der Waals surface area contributed by atoms with Gasteiger partial charge in [-0.25, -0.2) is 13.4 Å². The number of hydrogen-bond acceptors (Lipinski definition) is 6. The molecule has 9 heteroatoms. The molecule has 2 aromatic rings. The van der Waals surface area contributed by atoms with Gasteiger partial charge >= 0.3 is 0 Å². The van der Waals surface area contributed by atoms with Crippen molar-refractivity contribution in [3.8, 4) is 0 Å². The maximum atomic E-state index is 12.7. The lowest BCUT2D eigenvalue weighted by molar-refractivity contribution is -0.113. The number of fused-ring (bicyclic) bond motifs is 1. The quantitative estimate of drug-likeness (QED) is 0.678. The fraction of sp³-hybridized carbons (Fsp3) is 0.273. The first-order chi connectivity index (χ1) is 14.8. The van der Waals surface area contributed by atoms with E-state index in [2.05, 4.69) is 16.9 Å². The van der Waals surface area contributed by atoms with Gasteiger partial charge in [-0.05, 0) is 24.3 Å². The van der Waals surface area contributed by atoms with Crippen molar-refractivity contribution in [2.45, 2.75) is 18.7 Å². The average molecular weight is 459 g/mol. The molecule has 1 heterocycles. The van der Waals surface area contributed by atoms with Crippen LogP contribution in [0.1, 0.15) is 19.4 Å². The Morgan fingerprint density at radius 3 is 2.58 bits per heavy atom. The van der Waals surface area contributed by atoms with Crippen molar-refractivity contribution in [1.82, 2.24) is 9.21 Å². The van der Waals surface area contributed by atoms with E-state index in [-0.39, 0.29) is 16.6 Å². The zero-order chi connectivity index (χ0) is 22.6. The molecule has 0 radical (unpaired) electrons. The lowest BCUT2D eigenvalue weighted by atomic mass is 10.1. The number of anilines is 1. The van der Waals surface area contributed by atoms with Crippen molar-refractivity contribution in [3.63, 3.8) is 0 Å². The molecule has 0 aliphatic carbocycles. The summed E-state index contributed by atoms with van der Waals surface area (Å²) < 4.78 is 26.8. The number of nitrogens with zero attached hydrogens (tertiary/aromatic N) is 3. The largest absolute Gasteiger partial charge is 0.325 e. The van der Waals surface area contributed by atoms with Crippen LogP contribution < -0.4 is 5.32 Å². The van der Waals surface area contributed by atoms with Gasteiger partial charge in [0.2, 0.25) is 15.9 Å². The highest BCUT2D eigenvalue weighted by Crippen LogP contribution is 2.34. The molecule has 1 aliphatic heterocycles. The Kier molecular flexibility index (Phi) is 7.19. The minimum atomic E-state index is -3.59. The summed E-state index contributed by atoms with van der Waals surface area (Å²) in [7, 11) is -1.72. The lowest BCUT2D eigenvalue weighted by Crippen LogP contribution is -2.30. The van der Waals surface area contributed by atoms with E-state index in [4.69, 9.17) is 0 Å². The predicted molar refractivity (Wildman–Crippen MR) is 128 cm³/mol. The number of amides is 1. The van der Waals surface area contributed by atoms with Crippen molar-refractivity contribution in [1.29, 1.82) is 0 Å². The Morgan fingerprint density at radius 1 is 1.16 bits per heavy atom. The Bertz CT molecular complexity index is 1130. The number of para-hydroxylation sites is 1. The molecule has 1 aliphatic rings. The van der Waals surface area contributed by atoms with Gasteiger partial charge in [0.15, 0.2) is 5.17 Å². The number of carbonyl (C=O) groups excluding carboxylic acids is 1. The molecule has 2 aromatic carbocycles. The molecule has 164 valence electrons. The molecule has 0 spiro atoms. The molecule has 0 unspecified atom stereocenters. The summed E-state index contributed by atoms with van der Waals surface area (Å²) in [6.07, 6.45) is 0. The molecular formula is C22H26N4O3S2. The molecule has 3 rings (SSSR count). The predicted octanol–water partition coefficient (Wildman–Crippen LogP) is 3.99. The number of aliphatic imine (C=N–C) groups is 1. The number of nitrogens with one attached hydrogen (secondary N) is 1. The molecule has 7 nitrogen and oxygen atoms in total. The summed E-state index contributed by atoms with van der Waals surface area (Å²) >= 11 is 1.30. The van der Waals surface area contributed by atoms with E-state index in [1.165, 1.54) is 28.2 Å². The molecule has 0 saturated heterocycles. The normalized spacial score (nSPS) is 13.7. The minimum absolute atomic E-state index is 0.131. The number of carbonyl (C=O) groups is 1. The average Bonchev–Trinajstić information content (AvgIpc) is 2.76. The van der Waals surface area contributed by atoms with Crippen LogP contribution in [0.2, 0.25) is 0 Å². The highest BCUT2D eigenvalue weighted by Gasteiger charge is 2.23.